The predicted octanol–water partition coefficient (Wildman–Crippen LogP) is 3.34. The van der Waals surface area contributed by atoms with Gasteiger partial charge in [-0.15, -0.1) is 0 Å². The van der Waals surface area contributed by atoms with Crippen LogP contribution in [-0.2, 0) is 0 Å². The minimum Gasteiger partial charge on any atom is -0.396 e. The molecule has 18 heavy (non-hydrogen) atoms. The maximum atomic E-state index is 13.0. The molecule has 0 fully saturated rings. The van der Waals surface area contributed by atoms with Gasteiger partial charge in [0, 0.05) is 17.3 Å². The predicted molar refractivity (Wildman–Crippen MR) is 68.5 cm³/mol. The molecule has 0 amide bonds. The van der Waals surface area contributed by atoms with Gasteiger partial charge in [0.2, 0.25) is 0 Å². The van der Waals surface area contributed by atoms with Crippen molar-refractivity contribution >= 4 is 34.7 Å². The molecule has 2 N–H and O–H groups in total. The Morgan fingerprint density at radius 1 is 1.11 bits per heavy atom. The molecule has 0 spiro atoms. The van der Waals surface area contributed by atoms with E-state index in [0.717, 1.165) is 12.3 Å². The lowest BCUT2D eigenvalue weighted by Gasteiger charge is -2.05. The van der Waals surface area contributed by atoms with Crippen LogP contribution in [0.4, 0.5) is 10.1 Å². The Hall–Kier alpha value is -1.65. The topological polar surface area (TPSA) is 56.0 Å². The van der Waals surface area contributed by atoms with Crippen LogP contribution in [0.2, 0.25) is 10.0 Å². The molecule has 1 aromatic carbocycles. The Morgan fingerprint density at radius 2 is 1.72 bits per heavy atom. The van der Waals surface area contributed by atoms with Gasteiger partial charge in [0.25, 0.3) is 0 Å². The van der Waals surface area contributed by atoms with Crippen molar-refractivity contribution in [3.05, 3.63) is 57.6 Å². The average Bonchev–Trinajstić information content (AvgIpc) is 2.34. The highest BCUT2D eigenvalue weighted by molar-refractivity contribution is 6.39. The summed E-state index contributed by atoms with van der Waals surface area (Å²) in [6.07, 6.45) is 2.28. The lowest BCUT2D eigenvalue weighted by atomic mass is 10.0. The number of anilines is 1. The number of nitrogens with two attached hydrogens (primary N) is 1. The van der Waals surface area contributed by atoms with E-state index in [1.165, 1.54) is 18.3 Å². The molecule has 0 aliphatic carbocycles. The van der Waals surface area contributed by atoms with Crippen molar-refractivity contribution in [1.29, 1.82) is 0 Å². The van der Waals surface area contributed by atoms with Gasteiger partial charge in [-0.25, -0.2) is 4.39 Å². The zero-order chi connectivity index (χ0) is 13.3. The first kappa shape index (κ1) is 12.8. The summed E-state index contributed by atoms with van der Waals surface area (Å²) in [5.41, 5.74) is 6.11. The third-order valence-electron chi connectivity index (χ3n) is 2.31. The van der Waals surface area contributed by atoms with E-state index in [0.29, 0.717) is 0 Å². The van der Waals surface area contributed by atoms with Gasteiger partial charge in [-0.3, -0.25) is 9.78 Å². The number of ketones is 1. The number of pyridine rings is 1. The molecule has 92 valence electrons. The molecule has 0 saturated carbocycles. The van der Waals surface area contributed by atoms with Crippen LogP contribution in [0, 0.1) is 5.82 Å². The summed E-state index contributed by atoms with van der Waals surface area (Å²) in [5, 5.41) is 0.352. The summed E-state index contributed by atoms with van der Waals surface area (Å²) in [7, 11) is 0. The zero-order valence-corrected chi connectivity index (χ0v) is 10.5. The van der Waals surface area contributed by atoms with Crippen LogP contribution in [0.15, 0.2) is 30.6 Å². The van der Waals surface area contributed by atoms with Crippen molar-refractivity contribution in [1.82, 2.24) is 4.98 Å². The Bertz CT molecular complexity index is 608. The van der Waals surface area contributed by atoms with Crippen LogP contribution in [0.5, 0.6) is 0 Å². The highest BCUT2D eigenvalue weighted by atomic mass is 35.5. The summed E-state index contributed by atoms with van der Waals surface area (Å²) < 4.78 is 13.0. The van der Waals surface area contributed by atoms with Crippen LogP contribution < -0.4 is 5.73 Å². The maximum Gasteiger partial charge on any atom is 0.194 e. The molecule has 2 aromatic rings. The van der Waals surface area contributed by atoms with E-state index in [2.05, 4.69) is 4.98 Å². The van der Waals surface area contributed by atoms with Crippen LogP contribution in [-0.4, -0.2) is 10.8 Å². The third kappa shape index (κ3) is 2.44. The second-order valence-corrected chi connectivity index (χ2v) is 4.39. The first-order chi connectivity index (χ1) is 8.49. The number of nitrogen functional groups attached to an aromatic ring is 1. The number of rotatable bonds is 2. The van der Waals surface area contributed by atoms with E-state index in [9.17, 15) is 9.18 Å². The van der Waals surface area contributed by atoms with E-state index in [1.54, 1.807) is 0 Å². The van der Waals surface area contributed by atoms with Gasteiger partial charge in [0.15, 0.2) is 5.78 Å². The second-order valence-electron chi connectivity index (χ2n) is 3.57. The molecule has 2 rings (SSSR count). The molecule has 3 nitrogen and oxygen atoms in total. The van der Waals surface area contributed by atoms with Crippen LogP contribution >= 0.6 is 23.2 Å². The van der Waals surface area contributed by atoms with E-state index in [1.807, 2.05) is 0 Å². The van der Waals surface area contributed by atoms with Crippen molar-refractivity contribution in [2.75, 3.05) is 5.73 Å². The molecule has 0 unspecified atom stereocenters. The van der Waals surface area contributed by atoms with Gasteiger partial charge in [0.1, 0.15) is 5.82 Å². The monoisotopic (exact) mass is 284 g/mol. The molecule has 0 aliphatic heterocycles. The van der Waals surface area contributed by atoms with Crippen LogP contribution in [0.25, 0.3) is 0 Å². The van der Waals surface area contributed by atoms with E-state index >= 15 is 0 Å². The minimum atomic E-state index is -0.589. The summed E-state index contributed by atoms with van der Waals surface area (Å²) >= 11 is 11.7. The highest BCUT2D eigenvalue weighted by Crippen LogP contribution is 2.29. The van der Waals surface area contributed by atoms with Crippen molar-refractivity contribution in [2.24, 2.45) is 0 Å². The number of hydrogen-bond donors (Lipinski definition) is 1. The number of nitrogens with zero attached hydrogens (tertiary/aromatic N) is 1. The molecule has 1 heterocycles. The lowest BCUT2D eigenvalue weighted by Crippen LogP contribution is -2.03. The fraction of sp³-hybridized carbons (Fsp3) is 0. The number of carbonyl (C=O) groups excluding carboxylic acids is 1. The summed E-state index contributed by atoms with van der Waals surface area (Å²) in [4.78, 5) is 15.7. The Morgan fingerprint density at radius 3 is 2.28 bits per heavy atom. The number of benzene rings is 1. The second kappa shape index (κ2) is 4.92. The minimum absolute atomic E-state index is 0.118. The Labute approximate surface area is 112 Å². The number of hydrogen-bond acceptors (Lipinski definition) is 3. The fourth-order valence-electron chi connectivity index (χ4n) is 1.42. The number of carbonyl (C=O) groups is 1. The van der Waals surface area contributed by atoms with Crippen molar-refractivity contribution < 1.29 is 9.18 Å². The smallest absolute Gasteiger partial charge is 0.194 e. The van der Waals surface area contributed by atoms with Gasteiger partial charge in [-0.2, -0.15) is 0 Å². The summed E-state index contributed by atoms with van der Waals surface area (Å²) in [5.74, 6) is -1.01. The molecule has 6 heteroatoms. The molecular formula is C12H7Cl2FN2O. The van der Waals surface area contributed by atoms with Crippen molar-refractivity contribution in [3.8, 4) is 0 Å². The fourth-order valence-corrected chi connectivity index (χ4v) is 1.91. The van der Waals surface area contributed by atoms with Gasteiger partial charge in [0.05, 0.1) is 21.9 Å². The quantitative estimate of drug-likeness (QED) is 0.680. The van der Waals surface area contributed by atoms with E-state index in [4.69, 9.17) is 28.9 Å². The van der Waals surface area contributed by atoms with E-state index in [-0.39, 0.29) is 26.9 Å². The molecule has 0 bridgehead atoms. The standard InChI is InChI=1S/C12H7Cl2FN2O/c13-9-2-6(3-10(14)11(9)16)12(18)7-1-8(15)5-17-4-7/h1-5H,16H2. The average molecular weight is 285 g/mol. The SMILES string of the molecule is Nc1c(Cl)cc(C(=O)c2cncc(F)c2)cc1Cl. The van der Waals surface area contributed by atoms with E-state index < -0.39 is 11.6 Å². The van der Waals surface area contributed by atoms with Gasteiger partial charge in [-0.1, -0.05) is 23.2 Å². The summed E-state index contributed by atoms with van der Waals surface area (Å²) in [6, 6.07) is 3.86. The highest BCUT2D eigenvalue weighted by Gasteiger charge is 2.14. The molecule has 0 atom stereocenters. The Balaban J connectivity index is 2.47. The van der Waals surface area contributed by atoms with Crippen LogP contribution in [0.1, 0.15) is 15.9 Å². The third-order valence-corrected chi connectivity index (χ3v) is 2.93. The first-order valence-electron chi connectivity index (χ1n) is 4.89. The Kier molecular flexibility index (Phi) is 3.50. The zero-order valence-electron chi connectivity index (χ0n) is 8.95. The molecular weight excluding hydrogens is 278 g/mol. The van der Waals surface area contributed by atoms with Crippen molar-refractivity contribution in [3.63, 3.8) is 0 Å². The molecule has 0 aliphatic rings. The lowest BCUT2D eigenvalue weighted by molar-refractivity contribution is 0.103. The van der Waals surface area contributed by atoms with Crippen LogP contribution in [0.3, 0.4) is 0 Å². The number of aromatic nitrogens is 1. The first-order valence-corrected chi connectivity index (χ1v) is 5.64. The molecule has 1 aromatic heterocycles. The number of halogens is 3. The van der Waals surface area contributed by atoms with Crippen molar-refractivity contribution in [2.45, 2.75) is 0 Å². The largest absolute Gasteiger partial charge is 0.396 e. The van der Waals surface area contributed by atoms with Gasteiger partial charge >= 0.3 is 0 Å². The summed E-state index contributed by atoms with van der Waals surface area (Å²) in [6.45, 7) is 0. The maximum absolute atomic E-state index is 13.0. The molecule has 0 radical (unpaired) electrons. The van der Waals surface area contributed by atoms with Gasteiger partial charge in [-0.05, 0) is 18.2 Å². The normalized spacial score (nSPS) is 10.4. The molecule has 0 saturated heterocycles. The van der Waals surface area contributed by atoms with Gasteiger partial charge < -0.3 is 5.73 Å².